The van der Waals surface area contributed by atoms with E-state index in [2.05, 4.69) is 12.6 Å². The lowest BCUT2D eigenvalue weighted by atomic mass is 10.1. The van der Waals surface area contributed by atoms with Crippen molar-refractivity contribution < 1.29 is 5.11 Å². The molecule has 0 amide bonds. The Morgan fingerprint density at radius 3 is 2.14 bits per heavy atom. The molecule has 2 heteroatoms. The molecule has 0 fully saturated rings. The Kier molecular flexibility index (Phi) is 2.69. The van der Waals surface area contributed by atoms with Crippen molar-refractivity contribution in [2.24, 2.45) is 0 Å². The molecule has 0 aliphatic heterocycles. The number of rotatable bonds is 2. The van der Waals surface area contributed by atoms with Crippen molar-refractivity contribution in [1.82, 2.24) is 0 Å². The summed E-state index contributed by atoms with van der Waals surface area (Å²) in [6, 6.07) is 0. The number of aliphatic hydroxyl groups excluding tert-OH is 1. The average Bonchev–Trinajstić information content (AvgIpc) is 1.68. The fourth-order valence-corrected chi connectivity index (χ4v) is 0.112. The van der Waals surface area contributed by atoms with E-state index in [1.807, 2.05) is 13.8 Å². The summed E-state index contributed by atoms with van der Waals surface area (Å²) in [6.07, 6.45) is 0.909. The fraction of sp³-hybridized carbons (Fsp3) is 1.00. The van der Waals surface area contributed by atoms with Crippen molar-refractivity contribution in [2.75, 3.05) is 6.61 Å². The first-order valence-electron chi connectivity index (χ1n) is 2.45. The Morgan fingerprint density at radius 1 is 1.71 bits per heavy atom. The van der Waals surface area contributed by atoms with Gasteiger partial charge in [-0.25, -0.2) is 0 Å². The van der Waals surface area contributed by atoms with E-state index in [-0.39, 0.29) is 11.4 Å². The molecule has 7 heavy (non-hydrogen) atoms. The molecule has 1 N–H and O–H groups in total. The Hall–Kier alpha value is 0.310. The quantitative estimate of drug-likeness (QED) is 0.522. The van der Waals surface area contributed by atoms with Crippen molar-refractivity contribution in [1.29, 1.82) is 0 Å². The Balaban J connectivity index is 3.36. The van der Waals surface area contributed by atoms with Gasteiger partial charge in [-0.05, 0) is 13.3 Å². The van der Waals surface area contributed by atoms with E-state index in [4.69, 9.17) is 5.11 Å². The molecule has 0 aromatic heterocycles. The molecule has 0 rings (SSSR count). The maximum absolute atomic E-state index is 8.52. The van der Waals surface area contributed by atoms with Crippen LogP contribution in [0.5, 0.6) is 0 Å². The number of aliphatic hydroxyl groups is 1. The molecule has 0 aliphatic rings. The summed E-state index contributed by atoms with van der Waals surface area (Å²) in [5.41, 5.74) is 0. The Bertz CT molecular complexity index is 46.0. The minimum absolute atomic E-state index is 0.159. The monoisotopic (exact) mass is 120 g/mol. The third-order valence-corrected chi connectivity index (χ3v) is 1.56. The first-order chi connectivity index (χ1) is 3.12. The molecule has 0 bridgehead atoms. The van der Waals surface area contributed by atoms with Crippen LogP contribution in [0.1, 0.15) is 20.3 Å². The minimum Gasteiger partial charge on any atom is -0.395 e. The van der Waals surface area contributed by atoms with Gasteiger partial charge in [0.15, 0.2) is 0 Å². The van der Waals surface area contributed by atoms with E-state index in [1.165, 1.54) is 0 Å². The van der Waals surface area contributed by atoms with Gasteiger partial charge in [-0.1, -0.05) is 6.92 Å². The lowest BCUT2D eigenvalue weighted by Crippen LogP contribution is -2.19. The summed E-state index contributed by atoms with van der Waals surface area (Å²) < 4.78 is -0.167. The predicted molar refractivity (Wildman–Crippen MR) is 34.8 cm³/mol. The molecule has 0 unspecified atom stereocenters. The van der Waals surface area contributed by atoms with Crippen molar-refractivity contribution in [2.45, 2.75) is 25.0 Å². The van der Waals surface area contributed by atoms with Crippen molar-refractivity contribution in [3.8, 4) is 0 Å². The topological polar surface area (TPSA) is 20.2 Å². The van der Waals surface area contributed by atoms with E-state index in [9.17, 15) is 0 Å². The van der Waals surface area contributed by atoms with Crippen LogP contribution < -0.4 is 0 Å². The van der Waals surface area contributed by atoms with Crippen LogP contribution in [0.3, 0.4) is 0 Å². The first kappa shape index (κ1) is 7.31. The number of thiol groups is 1. The van der Waals surface area contributed by atoms with Gasteiger partial charge in [0.05, 0.1) is 6.61 Å². The Labute approximate surface area is 50.1 Å². The smallest absolute Gasteiger partial charge is 0.0572 e. The van der Waals surface area contributed by atoms with Gasteiger partial charge in [0.2, 0.25) is 0 Å². The van der Waals surface area contributed by atoms with E-state index in [0.717, 1.165) is 6.42 Å². The second-order valence-corrected chi connectivity index (χ2v) is 3.09. The largest absolute Gasteiger partial charge is 0.395 e. The normalized spacial score (nSPS) is 18.9. The highest BCUT2D eigenvalue weighted by Gasteiger charge is 2.12. The first-order valence-corrected chi connectivity index (χ1v) is 2.90. The highest BCUT2D eigenvalue weighted by Crippen LogP contribution is 2.15. The zero-order valence-corrected chi connectivity index (χ0v) is 5.70. The molecular formula is C5H12OS. The van der Waals surface area contributed by atoms with E-state index >= 15 is 0 Å². The third-order valence-electron chi connectivity index (χ3n) is 1.10. The molecule has 0 aliphatic carbocycles. The summed E-state index contributed by atoms with van der Waals surface area (Å²) in [4.78, 5) is 0. The molecule has 0 aromatic rings. The van der Waals surface area contributed by atoms with E-state index < -0.39 is 0 Å². The van der Waals surface area contributed by atoms with Crippen LogP contribution in [0.4, 0.5) is 0 Å². The maximum atomic E-state index is 8.52. The zero-order valence-electron chi connectivity index (χ0n) is 4.81. The van der Waals surface area contributed by atoms with Crippen molar-refractivity contribution >= 4 is 12.6 Å². The predicted octanol–water partition coefficient (Wildman–Crippen LogP) is 1.08. The van der Waals surface area contributed by atoms with Crippen LogP contribution in [0, 0.1) is 0 Å². The molecule has 0 saturated carbocycles. The average molecular weight is 120 g/mol. The second-order valence-electron chi connectivity index (χ2n) is 2.01. The summed E-state index contributed by atoms with van der Waals surface area (Å²) in [5, 5.41) is 8.52. The highest BCUT2D eigenvalue weighted by molar-refractivity contribution is 7.81. The van der Waals surface area contributed by atoms with Gasteiger partial charge in [0.1, 0.15) is 0 Å². The van der Waals surface area contributed by atoms with Gasteiger partial charge in [-0.2, -0.15) is 12.6 Å². The van der Waals surface area contributed by atoms with E-state index in [1.54, 1.807) is 0 Å². The van der Waals surface area contributed by atoms with Gasteiger partial charge in [-0.3, -0.25) is 0 Å². The van der Waals surface area contributed by atoms with E-state index in [0.29, 0.717) is 0 Å². The van der Waals surface area contributed by atoms with Gasteiger partial charge in [-0.15, -0.1) is 0 Å². The van der Waals surface area contributed by atoms with Gasteiger partial charge in [0.25, 0.3) is 0 Å². The summed E-state index contributed by atoms with van der Waals surface area (Å²) >= 11 is 4.14. The van der Waals surface area contributed by atoms with Crippen LogP contribution in [0.25, 0.3) is 0 Å². The van der Waals surface area contributed by atoms with Crippen LogP contribution in [-0.2, 0) is 0 Å². The molecule has 0 aromatic carbocycles. The van der Waals surface area contributed by atoms with Gasteiger partial charge >= 0.3 is 0 Å². The molecule has 0 spiro atoms. The second kappa shape index (κ2) is 2.58. The fourth-order valence-electron chi connectivity index (χ4n) is 0.112. The van der Waals surface area contributed by atoms with Gasteiger partial charge in [0, 0.05) is 4.75 Å². The lowest BCUT2D eigenvalue weighted by Gasteiger charge is -2.16. The molecule has 1 atom stereocenters. The molecule has 1 nitrogen and oxygen atoms in total. The molecular weight excluding hydrogens is 108 g/mol. The zero-order chi connectivity index (χ0) is 5.91. The SMILES string of the molecule is CC[C@](C)(S)CO. The molecule has 0 heterocycles. The van der Waals surface area contributed by atoms with Gasteiger partial charge < -0.3 is 5.11 Å². The van der Waals surface area contributed by atoms with Crippen LogP contribution >= 0.6 is 12.6 Å². The lowest BCUT2D eigenvalue weighted by molar-refractivity contribution is 0.254. The van der Waals surface area contributed by atoms with Crippen LogP contribution in [-0.4, -0.2) is 16.5 Å². The van der Waals surface area contributed by atoms with Crippen molar-refractivity contribution in [3.63, 3.8) is 0 Å². The van der Waals surface area contributed by atoms with Crippen LogP contribution in [0.2, 0.25) is 0 Å². The highest BCUT2D eigenvalue weighted by atomic mass is 32.1. The van der Waals surface area contributed by atoms with Crippen LogP contribution in [0.15, 0.2) is 0 Å². The number of hydrogen-bond donors (Lipinski definition) is 2. The standard InChI is InChI=1S/C5H12OS/c1-3-5(2,7)4-6/h6-7H,3-4H2,1-2H3/t5-/m0/s1. The third kappa shape index (κ3) is 2.94. The van der Waals surface area contributed by atoms with Crippen molar-refractivity contribution in [3.05, 3.63) is 0 Å². The summed E-state index contributed by atoms with van der Waals surface area (Å²) in [7, 11) is 0. The minimum atomic E-state index is -0.167. The number of hydrogen-bond acceptors (Lipinski definition) is 2. The summed E-state index contributed by atoms with van der Waals surface area (Å²) in [6.45, 7) is 4.08. The molecule has 0 saturated heterocycles. The summed E-state index contributed by atoms with van der Waals surface area (Å²) in [5.74, 6) is 0. The molecule has 44 valence electrons. The molecule has 0 radical (unpaired) electrons. The Morgan fingerprint density at radius 2 is 2.14 bits per heavy atom. The maximum Gasteiger partial charge on any atom is 0.0572 e.